The number of rotatable bonds is 4. The molecule has 1 aliphatic rings. The lowest BCUT2D eigenvalue weighted by Crippen LogP contribution is -2.51. The molecule has 0 aromatic carbocycles. The summed E-state index contributed by atoms with van der Waals surface area (Å²) in [5.41, 5.74) is 6.31. The highest BCUT2D eigenvalue weighted by atomic mass is 15.2. The summed E-state index contributed by atoms with van der Waals surface area (Å²) in [5, 5.41) is 0. The predicted molar refractivity (Wildman–Crippen MR) is 66.9 cm³/mol. The van der Waals surface area contributed by atoms with Gasteiger partial charge in [-0.05, 0) is 38.1 Å². The van der Waals surface area contributed by atoms with Gasteiger partial charge < -0.3 is 10.6 Å². The summed E-state index contributed by atoms with van der Waals surface area (Å²) in [5.74, 6) is 1.72. The second kappa shape index (κ2) is 5.31. The van der Waals surface area contributed by atoms with Crippen molar-refractivity contribution in [2.24, 2.45) is 17.6 Å². The number of nitrogens with two attached hydrogens (primary N) is 1. The third-order valence-electron chi connectivity index (χ3n) is 3.82. The van der Waals surface area contributed by atoms with E-state index in [4.69, 9.17) is 5.73 Å². The Balaban J connectivity index is 2.39. The van der Waals surface area contributed by atoms with Crippen molar-refractivity contribution < 1.29 is 0 Å². The van der Waals surface area contributed by atoms with E-state index in [1.807, 2.05) is 0 Å². The highest BCUT2D eigenvalue weighted by molar-refractivity contribution is 4.85. The molecular weight excluding hydrogens is 184 g/mol. The smallest absolute Gasteiger partial charge is 0.0254 e. The first-order valence-electron chi connectivity index (χ1n) is 6.46. The van der Waals surface area contributed by atoms with E-state index in [1.54, 1.807) is 0 Å². The maximum atomic E-state index is 6.30. The standard InChI is InChI=1S/C13H28N2/c1-5-7-13(4,14)10-15-8-6-11(2)12(3)9-15/h11-12H,5-10,14H2,1-4H3. The van der Waals surface area contributed by atoms with Gasteiger partial charge in [0.25, 0.3) is 0 Å². The summed E-state index contributed by atoms with van der Waals surface area (Å²) in [6, 6.07) is 0. The molecule has 1 heterocycles. The average Bonchev–Trinajstić information content (AvgIpc) is 2.10. The molecule has 0 aromatic heterocycles. The summed E-state index contributed by atoms with van der Waals surface area (Å²) in [4.78, 5) is 2.56. The Bertz CT molecular complexity index is 189. The van der Waals surface area contributed by atoms with Crippen LogP contribution < -0.4 is 5.73 Å². The van der Waals surface area contributed by atoms with E-state index in [-0.39, 0.29) is 5.54 Å². The third-order valence-corrected chi connectivity index (χ3v) is 3.82. The van der Waals surface area contributed by atoms with Crippen LogP contribution in [0.1, 0.15) is 47.0 Å². The summed E-state index contributed by atoms with van der Waals surface area (Å²) < 4.78 is 0. The van der Waals surface area contributed by atoms with Crippen LogP contribution >= 0.6 is 0 Å². The van der Waals surface area contributed by atoms with Crippen molar-refractivity contribution in [3.8, 4) is 0 Å². The summed E-state index contributed by atoms with van der Waals surface area (Å²) in [7, 11) is 0. The largest absolute Gasteiger partial charge is 0.324 e. The van der Waals surface area contributed by atoms with Crippen LogP contribution in [0.2, 0.25) is 0 Å². The van der Waals surface area contributed by atoms with Crippen LogP contribution in [0.3, 0.4) is 0 Å². The van der Waals surface area contributed by atoms with Crippen LogP contribution in [-0.4, -0.2) is 30.1 Å². The fourth-order valence-corrected chi connectivity index (χ4v) is 2.65. The molecule has 0 spiro atoms. The van der Waals surface area contributed by atoms with Crippen molar-refractivity contribution in [1.29, 1.82) is 0 Å². The van der Waals surface area contributed by atoms with E-state index in [0.717, 1.165) is 24.8 Å². The van der Waals surface area contributed by atoms with E-state index < -0.39 is 0 Å². The van der Waals surface area contributed by atoms with Gasteiger partial charge in [0.2, 0.25) is 0 Å². The average molecular weight is 212 g/mol. The Kier molecular flexibility index (Phi) is 4.60. The van der Waals surface area contributed by atoms with Crippen molar-refractivity contribution in [2.45, 2.75) is 52.5 Å². The molecule has 3 unspecified atom stereocenters. The molecule has 1 aliphatic heterocycles. The third kappa shape index (κ3) is 4.12. The van der Waals surface area contributed by atoms with Gasteiger partial charge in [-0.2, -0.15) is 0 Å². The Labute approximate surface area is 95.2 Å². The molecule has 1 saturated heterocycles. The lowest BCUT2D eigenvalue weighted by molar-refractivity contribution is 0.113. The normalized spacial score (nSPS) is 32.6. The maximum absolute atomic E-state index is 6.30. The fourth-order valence-electron chi connectivity index (χ4n) is 2.65. The minimum Gasteiger partial charge on any atom is -0.324 e. The summed E-state index contributed by atoms with van der Waals surface area (Å²) in [6.45, 7) is 12.7. The van der Waals surface area contributed by atoms with Crippen molar-refractivity contribution in [3.05, 3.63) is 0 Å². The van der Waals surface area contributed by atoms with E-state index >= 15 is 0 Å². The fraction of sp³-hybridized carbons (Fsp3) is 1.00. The molecule has 0 aromatic rings. The molecule has 0 saturated carbocycles. The molecule has 2 nitrogen and oxygen atoms in total. The number of hydrogen-bond acceptors (Lipinski definition) is 2. The van der Waals surface area contributed by atoms with E-state index in [1.165, 1.54) is 25.9 Å². The van der Waals surface area contributed by atoms with Gasteiger partial charge in [-0.1, -0.05) is 27.2 Å². The van der Waals surface area contributed by atoms with Gasteiger partial charge in [-0.15, -0.1) is 0 Å². The number of likely N-dealkylation sites (tertiary alicyclic amines) is 1. The van der Waals surface area contributed by atoms with Crippen molar-refractivity contribution in [1.82, 2.24) is 4.90 Å². The van der Waals surface area contributed by atoms with Gasteiger partial charge in [0.1, 0.15) is 0 Å². The molecule has 2 N–H and O–H groups in total. The molecule has 90 valence electrons. The second-order valence-corrected chi connectivity index (χ2v) is 5.88. The molecule has 2 heteroatoms. The Morgan fingerprint density at radius 3 is 2.53 bits per heavy atom. The lowest BCUT2D eigenvalue weighted by atomic mass is 9.87. The minimum absolute atomic E-state index is 0.00898. The van der Waals surface area contributed by atoms with E-state index in [0.29, 0.717) is 0 Å². The molecule has 3 atom stereocenters. The number of nitrogens with zero attached hydrogens (tertiary/aromatic N) is 1. The highest BCUT2D eigenvalue weighted by Gasteiger charge is 2.27. The second-order valence-electron chi connectivity index (χ2n) is 5.88. The first-order valence-corrected chi connectivity index (χ1v) is 6.46. The lowest BCUT2D eigenvalue weighted by Gasteiger charge is -2.39. The highest BCUT2D eigenvalue weighted by Crippen LogP contribution is 2.24. The molecule has 0 radical (unpaired) electrons. The molecule has 1 rings (SSSR count). The molecule has 15 heavy (non-hydrogen) atoms. The zero-order valence-electron chi connectivity index (χ0n) is 10.9. The topological polar surface area (TPSA) is 29.3 Å². The quantitative estimate of drug-likeness (QED) is 0.776. The van der Waals surface area contributed by atoms with Gasteiger partial charge in [0, 0.05) is 18.6 Å². The van der Waals surface area contributed by atoms with E-state index in [2.05, 4.69) is 32.6 Å². The Morgan fingerprint density at radius 2 is 2.00 bits per heavy atom. The molecule has 0 bridgehead atoms. The van der Waals surface area contributed by atoms with Gasteiger partial charge >= 0.3 is 0 Å². The van der Waals surface area contributed by atoms with Gasteiger partial charge in [0.05, 0.1) is 0 Å². The van der Waals surface area contributed by atoms with Gasteiger partial charge in [-0.25, -0.2) is 0 Å². The zero-order valence-corrected chi connectivity index (χ0v) is 10.9. The summed E-state index contributed by atoms with van der Waals surface area (Å²) >= 11 is 0. The minimum atomic E-state index is 0.00898. The van der Waals surface area contributed by atoms with Crippen molar-refractivity contribution in [2.75, 3.05) is 19.6 Å². The van der Waals surface area contributed by atoms with Crippen molar-refractivity contribution in [3.63, 3.8) is 0 Å². The van der Waals surface area contributed by atoms with Crippen LogP contribution in [0.25, 0.3) is 0 Å². The monoisotopic (exact) mass is 212 g/mol. The predicted octanol–water partition coefficient (Wildman–Crippen LogP) is 2.48. The zero-order chi connectivity index (χ0) is 11.5. The first kappa shape index (κ1) is 13.0. The molecular formula is C13H28N2. The van der Waals surface area contributed by atoms with Gasteiger partial charge in [0.15, 0.2) is 0 Å². The van der Waals surface area contributed by atoms with Crippen molar-refractivity contribution >= 4 is 0 Å². The number of hydrogen-bond donors (Lipinski definition) is 1. The Morgan fingerprint density at radius 1 is 1.33 bits per heavy atom. The molecule has 1 fully saturated rings. The molecule has 0 amide bonds. The van der Waals surface area contributed by atoms with Crippen LogP contribution in [0.5, 0.6) is 0 Å². The van der Waals surface area contributed by atoms with Crippen LogP contribution in [0, 0.1) is 11.8 Å². The van der Waals surface area contributed by atoms with Crippen LogP contribution in [-0.2, 0) is 0 Å². The van der Waals surface area contributed by atoms with Gasteiger partial charge in [-0.3, -0.25) is 0 Å². The maximum Gasteiger partial charge on any atom is 0.0254 e. The number of piperidine rings is 1. The SMILES string of the molecule is CCCC(C)(N)CN1CCC(C)C(C)C1. The molecule has 0 aliphatic carbocycles. The first-order chi connectivity index (χ1) is 6.94. The Hall–Kier alpha value is -0.0800. The van der Waals surface area contributed by atoms with E-state index in [9.17, 15) is 0 Å². The van der Waals surface area contributed by atoms with Crippen LogP contribution in [0.15, 0.2) is 0 Å². The van der Waals surface area contributed by atoms with Crippen LogP contribution in [0.4, 0.5) is 0 Å². The summed E-state index contributed by atoms with van der Waals surface area (Å²) in [6.07, 6.45) is 3.66.